The summed E-state index contributed by atoms with van der Waals surface area (Å²) >= 11 is 6.18. The molecule has 29 heavy (non-hydrogen) atoms. The van der Waals surface area contributed by atoms with Gasteiger partial charge in [0.1, 0.15) is 18.2 Å². The van der Waals surface area contributed by atoms with Gasteiger partial charge < -0.3 is 9.47 Å². The standard InChI is InChI=1S/C23H15ClFNO3/c24-19-7-3-1-6-17(19)14-28-21-8-4-2-5-16(21)13-20-23(27)29-22(26-20)15-9-11-18(25)12-10-15/h1-13H,14H2/b20-13+. The fourth-order valence-corrected chi connectivity index (χ4v) is 2.96. The molecule has 0 spiro atoms. The number of halogens is 2. The third-order valence-electron chi connectivity index (χ3n) is 4.26. The van der Waals surface area contributed by atoms with Gasteiger partial charge in [0.15, 0.2) is 5.70 Å². The van der Waals surface area contributed by atoms with Crippen LogP contribution in [0.15, 0.2) is 83.5 Å². The topological polar surface area (TPSA) is 47.9 Å². The number of para-hydroxylation sites is 1. The van der Waals surface area contributed by atoms with Crippen LogP contribution < -0.4 is 4.74 Å². The molecule has 144 valence electrons. The third kappa shape index (κ3) is 4.36. The van der Waals surface area contributed by atoms with Crippen LogP contribution in [-0.2, 0) is 16.1 Å². The highest BCUT2D eigenvalue weighted by Crippen LogP contribution is 2.26. The molecular formula is C23H15ClFNO3. The molecule has 0 bridgehead atoms. The Morgan fingerprint density at radius 2 is 1.72 bits per heavy atom. The van der Waals surface area contributed by atoms with Crippen molar-refractivity contribution in [2.24, 2.45) is 4.99 Å². The lowest BCUT2D eigenvalue weighted by atomic mass is 10.1. The summed E-state index contributed by atoms with van der Waals surface area (Å²) in [7, 11) is 0. The lowest BCUT2D eigenvalue weighted by Crippen LogP contribution is -2.05. The van der Waals surface area contributed by atoms with Crippen LogP contribution in [0.1, 0.15) is 16.7 Å². The van der Waals surface area contributed by atoms with Crippen molar-refractivity contribution in [2.45, 2.75) is 6.61 Å². The van der Waals surface area contributed by atoms with Gasteiger partial charge in [-0.15, -0.1) is 0 Å². The summed E-state index contributed by atoms with van der Waals surface area (Å²) in [5, 5.41) is 0.622. The molecule has 0 unspecified atom stereocenters. The maximum Gasteiger partial charge on any atom is 0.363 e. The number of ether oxygens (including phenoxy) is 2. The molecule has 1 heterocycles. The summed E-state index contributed by atoms with van der Waals surface area (Å²) in [5.41, 5.74) is 2.19. The maximum atomic E-state index is 13.1. The van der Waals surface area contributed by atoms with Crippen molar-refractivity contribution < 1.29 is 18.7 Å². The monoisotopic (exact) mass is 407 g/mol. The van der Waals surface area contributed by atoms with Crippen LogP contribution in [0, 0.1) is 5.82 Å². The van der Waals surface area contributed by atoms with E-state index >= 15 is 0 Å². The minimum atomic E-state index is -0.578. The van der Waals surface area contributed by atoms with E-state index in [2.05, 4.69) is 4.99 Å². The Morgan fingerprint density at radius 1 is 1.00 bits per heavy atom. The van der Waals surface area contributed by atoms with Gasteiger partial charge in [0.2, 0.25) is 5.90 Å². The van der Waals surface area contributed by atoms with Crippen molar-refractivity contribution in [1.29, 1.82) is 0 Å². The van der Waals surface area contributed by atoms with Gasteiger partial charge in [-0.05, 0) is 42.5 Å². The first-order valence-corrected chi connectivity index (χ1v) is 9.22. The van der Waals surface area contributed by atoms with Crippen LogP contribution in [0.5, 0.6) is 5.75 Å². The zero-order valence-electron chi connectivity index (χ0n) is 15.1. The SMILES string of the molecule is O=C1OC(c2ccc(F)cc2)=N/C1=C/c1ccccc1OCc1ccccc1Cl. The van der Waals surface area contributed by atoms with Gasteiger partial charge >= 0.3 is 5.97 Å². The first-order chi connectivity index (χ1) is 14.1. The van der Waals surface area contributed by atoms with E-state index in [-0.39, 0.29) is 24.0 Å². The van der Waals surface area contributed by atoms with Crippen LogP contribution in [0.4, 0.5) is 4.39 Å². The number of carbonyl (C=O) groups is 1. The van der Waals surface area contributed by atoms with Crippen molar-refractivity contribution in [3.63, 3.8) is 0 Å². The summed E-state index contributed by atoms with van der Waals surface area (Å²) in [4.78, 5) is 16.5. The predicted molar refractivity (Wildman–Crippen MR) is 109 cm³/mol. The lowest BCUT2D eigenvalue weighted by molar-refractivity contribution is -0.129. The fraction of sp³-hybridized carbons (Fsp3) is 0.0435. The van der Waals surface area contributed by atoms with E-state index < -0.39 is 5.97 Å². The van der Waals surface area contributed by atoms with Crippen LogP contribution in [0.3, 0.4) is 0 Å². The third-order valence-corrected chi connectivity index (χ3v) is 4.63. The van der Waals surface area contributed by atoms with Gasteiger partial charge in [-0.25, -0.2) is 14.2 Å². The number of carbonyl (C=O) groups excluding carboxylic acids is 1. The molecule has 3 aromatic rings. The molecule has 0 radical (unpaired) electrons. The average molecular weight is 408 g/mol. The van der Waals surface area contributed by atoms with E-state index in [9.17, 15) is 9.18 Å². The number of esters is 1. The number of benzene rings is 3. The van der Waals surface area contributed by atoms with Crippen LogP contribution in [-0.4, -0.2) is 11.9 Å². The van der Waals surface area contributed by atoms with E-state index in [0.717, 1.165) is 5.56 Å². The quantitative estimate of drug-likeness (QED) is 0.420. The number of hydrogen-bond acceptors (Lipinski definition) is 4. The summed E-state index contributed by atoms with van der Waals surface area (Å²) < 4.78 is 24.2. The molecule has 0 saturated heterocycles. The second-order valence-electron chi connectivity index (χ2n) is 6.26. The smallest absolute Gasteiger partial charge is 0.363 e. The summed E-state index contributed by atoms with van der Waals surface area (Å²) in [5.74, 6) is -0.238. The number of cyclic esters (lactones) is 1. The molecule has 1 aliphatic rings. The van der Waals surface area contributed by atoms with Gasteiger partial charge in [-0.3, -0.25) is 0 Å². The number of rotatable bonds is 5. The Bertz CT molecular complexity index is 1120. The summed E-state index contributed by atoms with van der Waals surface area (Å²) in [6.07, 6.45) is 1.60. The molecule has 3 aromatic carbocycles. The average Bonchev–Trinajstić information content (AvgIpc) is 3.09. The molecule has 0 N–H and O–H groups in total. The van der Waals surface area contributed by atoms with Crippen molar-refractivity contribution in [2.75, 3.05) is 0 Å². The second kappa shape index (κ2) is 8.29. The van der Waals surface area contributed by atoms with Crippen molar-refractivity contribution in [1.82, 2.24) is 0 Å². The molecule has 0 aromatic heterocycles. The molecule has 4 nitrogen and oxygen atoms in total. The molecule has 0 atom stereocenters. The van der Waals surface area contributed by atoms with Gasteiger partial charge in [0.05, 0.1) is 0 Å². The number of hydrogen-bond donors (Lipinski definition) is 0. The Labute approximate surface area is 171 Å². The zero-order chi connectivity index (χ0) is 20.2. The summed E-state index contributed by atoms with van der Waals surface area (Å²) in [6.45, 7) is 0.286. The van der Waals surface area contributed by atoms with Crippen LogP contribution >= 0.6 is 11.6 Å². The summed E-state index contributed by atoms with van der Waals surface area (Å²) in [6, 6.07) is 20.3. The van der Waals surface area contributed by atoms with Gasteiger partial charge in [0, 0.05) is 21.7 Å². The minimum absolute atomic E-state index is 0.135. The van der Waals surface area contributed by atoms with E-state index in [1.165, 1.54) is 24.3 Å². The minimum Gasteiger partial charge on any atom is -0.488 e. The Balaban J connectivity index is 1.58. The van der Waals surface area contributed by atoms with Gasteiger partial charge in [-0.1, -0.05) is 48.0 Å². The van der Waals surface area contributed by atoms with Crippen molar-refractivity contribution in [3.05, 3.63) is 106 Å². The molecule has 0 fully saturated rings. The van der Waals surface area contributed by atoms with E-state index in [1.54, 1.807) is 18.2 Å². The highest BCUT2D eigenvalue weighted by molar-refractivity contribution is 6.31. The normalized spacial score (nSPS) is 14.6. The fourth-order valence-electron chi connectivity index (χ4n) is 2.77. The molecule has 0 saturated carbocycles. The van der Waals surface area contributed by atoms with E-state index in [0.29, 0.717) is 21.9 Å². The van der Waals surface area contributed by atoms with Gasteiger partial charge in [0.25, 0.3) is 0 Å². The van der Waals surface area contributed by atoms with Crippen LogP contribution in [0.25, 0.3) is 6.08 Å². The molecule has 1 aliphatic heterocycles. The Morgan fingerprint density at radius 3 is 2.52 bits per heavy atom. The molecular weight excluding hydrogens is 393 g/mol. The first-order valence-electron chi connectivity index (χ1n) is 8.84. The van der Waals surface area contributed by atoms with Crippen molar-refractivity contribution in [3.8, 4) is 5.75 Å². The van der Waals surface area contributed by atoms with Gasteiger partial charge in [-0.2, -0.15) is 0 Å². The molecule has 0 aliphatic carbocycles. The van der Waals surface area contributed by atoms with E-state index in [1.807, 2.05) is 36.4 Å². The second-order valence-corrected chi connectivity index (χ2v) is 6.67. The number of aliphatic imine (C=N–C) groups is 1. The molecule has 6 heteroatoms. The van der Waals surface area contributed by atoms with Crippen LogP contribution in [0.2, 0.25) is 5.02 Å². The Hall–Kier alpha value is -3.44. The Kier molecular flexibility index (Phi) is 5.40. The highest BCUT2D eigenvalue weighted by Gasteiger charge is 2.24. The van der Waals surface area contributed by atoms with E-state index in [4.69, 9.17) is 21.1 Å². The predicted octanol–water partition coefficient (Wildman–Crippen LogP) is 5.40. The highest BCUT2D eigenvalue weighted by atomic mass is 35.5. The molecule has 0 amide bonds. The largest absolute Gasteiger partial charge is 0.488 e. The number of nitrogens with zero attached hydrogens (tertiary/aromatic N) is 1. The molecule has 4 rings (SSSR count). The lowest BCUT2D eigenvalue weighted by Gasteiger charge is -2.10. The zero-order valence-corrected chi connectivity index (χ0v) is 15.9. The van der Waals surface area contributed by atoms with Crippen molar-refractivity contribution >= 4 is 29.5 Å². The maximum absolute atomic E-state index is 13.1. The first kappa shape index (κ1) is 18.9.